The molecule has 3 aliphatic rings. The Labute approximate surface area is 112 Å². The van der Waals surface area contributed by atoms with Gasteiger partial charge in [0.05, 0.1) is 18.2 Å². The van der Waals surface area contributed by atoms with Gasteiger partial charge >= 0.3 is 0 Å². The summed E-state index contributed by atoms with van der Waals surface area (Å²) in [5, 5.41) is 8.49. The molecule has 0 aromatic carbocycles. The first kappa shape index (κ1) is 12.2. The molecule has 1 saturated heterocycles. The van der Waals surface area contributed by atoms with E-state index in [-0.39, 0.29) is 17.7 Å². The lowest BCUT2D eigenvalue weighted by atomic mass is 9.87. The molecule has 2 heterocycles. The summed E-state index contributed by atoms with van der Waals surface area (Å²) in [5.41, 5.74) is 0.955. The molecule has 2 amide bonds. The minimum atomic E-state index is -0.541. The van der Waals surface area contributed by atoms with Crippen LogP contribution in [0.4, 0.5) is 0 Å². The second-order valence-electron chi connectivity index (χ2n) is 5.40. The fraction of sp³-hybridized carbons (Fsp3) is 0.615. The molecule has 2 atom stereocenters. The van der Waals surface area contributed by atoms with Crippen molar-refractivity contribution in [2.45, 2.75) is 31.7 Å². The number of nitrogens with one attached hydrogen (secondary N) is 1. The van der Waals surface area contributed by atoms with Gasteiger partial charge in [0.25, 0.3) is 11.8 Å². The van der Waals surface area contributed by atoms with Crippen LogP contribution in [0.2, 0.25) is 0 Å². The molecule has 0 aromatic heterocycles. The van der Waals surface area contributed by atoms with E-state index < -0.39 is 6.04 Å². The van der Waals surface area contributed by atoms with E-state index in [0.717, 1.165) is 31.4 Å². The third kappa shape index (κ3) is 1.91. The number of hydrogen-bond donors (Lipinski definition) is 1. The van der Waals surface area contributed by atoms with Gasteiger partial charge in [-0.1, -0.05) is 13.0 Å². The van der Waals surface area contributed by atoms with Crippen LogP contribution in [0.1, 0.15) is 25.7 Å². The quantitative estimate of drug-likeness (QED) is 0.738. The van der Waals surface area contributed by atoms with Crippen LogP contribution in [-0.2, 0) is 9.59 Å². The van der Waals surface area contributed by atoms with E-state index in [9.17, 15) is 9.59 Å². The topological polar surface area (TPSA) is 65.0 Å². The van der Waals surface area contributed by atoms with E-state index in [1.807, 2.05) is 11.9 Å². The average Bonchev–Trinajstić information content (AvgIpc) is 2.72. The van der Waals surface area contributed by atoms with Crippen LogP contribution in [0.15, 0.2) is 17.5 Å². The summed E-state index contributed by atoms with van der Waals surface area (Å²) in [6.45, 7) is 4.20. The molecule has 2 unspecified atom stereocenters. The molecular formula is C13H18N4O2. The van der Waals surface area contributed by atoms with Crippen LogP contribution >= 0.6 is 0 Å². The van der Waals surface area contributed by atoms with Gasteiger partial charge < -0.3 is 10.2 Å². The Hall–Kier alpha value is -1.85. The zero-order chi connectivity index (χ0) is 13.6. The van der Waals surface area contributed by atoms with Crippen molar-refractivity contribution in [3.8, 4) is 0 Å². The second-order valence-corrected chi connectivity index (χ2v) is 5.40. The lowest BCUT2D eigenvalue weighted by Gasteiger charge is -2.35. The fourth-order valence-corrected chi connectivity index (χ4v) is 2.91. The van der Waals surface area contributed by atoms with E-state index in [4.69, 9.17) is 0 Å². The van der Waals surface area contributed by atoms with Crippen molar-refractivity contribution in [3.05, 3.63) is 12.4 Å². The summed E-state index contributed by atoms with van der Waals surface area (Å²) >= 11 is 0. The van der Waals surface area contributed by atoms with E-state index >= 15 is 0 Å². The predicted octanol–water partition coefficient (Wildman–Crippen LogP) is 0.276. The Morgan fingerprint density at radius 2 is 2.16 bits per heavy atom. The lowest BCUT2D eigenvalue weighted by Crippen LogP contribution is -2.57. The number of likely N-dealkylation sites (N-methyl/N-ethyl adjacent to an activating group) is 1. The van der Waals surface area contributed by atoms with Gasteiger partial charge in [-0.25, -0.2) is 5.01 Å². The minimum absolute atomic E-state index is 0.0178. The number of carbonyl (C=O) groups excluding carboxylic acids is 2. The summed E-state index contributed by atoms with van der Waals surface area (Å²) in [6, 6.07) is -0.541. The van der Waals surface area contributed by atoms with Crippen molar-refractivity contribution in [2.75, 3.05) is 13.6 Å². The Balaban J connectivity index is 1.82. The molecule has 0 radical (unpaired) electrons. The molecule has 2 aliphatic heterocycles. The lowest BCUT2D eigenvalue weighted by molar-refractivity contribution is -0.142. The summed E-state index contributed by atoms with van der Waals surface area (Å²) in [4.78, 5) is 26.2. The van der Waals surface area contributed by atoms with Gasteiger partial charge in [-0.15, -0.1) is 0 Å². The molecule has 0 aromatic rings. The van der Waals surface area contributed by atoms with Crippen molar-refractivity contribution in [2.24, 2.45) is 11.0 Å². The monoisotopic (exact) mass is 262 g/mol. The smallest absolute Gasteiger partial charge is 0.252 e. The number of rotatable bonds is 1. The third-order valence-corrected chi connectivity index (χ3v) is 4.11. The molecule has 102 valence electrons. The maximum absolute atomic E-state index is 12.4. The maximum Gasteiger partial charge on any atom is 0.252 e. The number of carbonyl (C=O) groups is 2. The molecule has 2 fully saturated rings. The van der Waals surface area contributed by atoms with Crippen molar-refractivity contribution < 1.29 is 9.59 Å². The van der Waals surface area contributed by atoms with Crippen LogP contribution in [0.3, 0.4) is 0 Å². The van der Waals surface area contributed by atoms with Gasteiger partial charge in [0.15, 0.2) is 6.04 Å². The highest BCUT2D eigenvalue weighted by Gasteiger charge is 2.44. The van der Waals surface area contributed by atoms with Crippen LogP contribution in [0.25, 0.3) is 0 Å². The van der Waals surface area contributed by atoms with Gasteiger partial charge in [0, 0.05) is 7.05 Å². The van der Waals surface area contributed by atoms with Crippen LogP contribution in [0.5, 0.6) is 0 Å². The highest BCUT2D eigenvalue weighted by Crippen LogP contribution is 2.30. The SMILES string of the molecule is C=C1NC(=O)C(N2N=C3CCCCC3C2=O)CN1C. The Morgan fingerprint density at radius 3 is 2.89 bits per heavy atom. The standard InChI is InChI=1S/C13H18N4O2/c1-8-14-12(18)11(7-16(8)2)17-13(19)9-5-3-4-6-10(9)15-17/h9,11H,1,3-7H2,2H3,(H,14,18). The second kappa shape index (κ2) is 4.36. The highest BCUT2D eigenvalue weighted by molar-refractivity contribution is 6.09. The summed E-state index contributed by atoms with van der Waals surface area (Å²) < 4.78 is 0. The third-order valence-electron chi connectivity index (χ3n) is 4.11. The Bertz CT molecular complexity index is 485. The first-order chi connectivity index (χ1) is 9.08. The van der Waals surface area contributed by atoms with Gasteiger partial charge in [0.2, 0.25) is 0 Å². The molecular weight excluding hydrogens is 244 g/mol. The summed E-state index contributed by atoms with van der Waals surface area (Å²) in [5.74, 6) is 0.269. The van der Waals surface area contributed by atoms with E-state index in [1.54, 1.807) is 0 Å². The first-order valence-corrected chi connectivity index (χ1v) is 6.69. The average molecular weight is 262 g/mol. The molecule has 19 heavy (non-hydrogen) atoms. The molecule has 0 bridgehead atoms. The van der Waals surface area contributed by atoms with Crippen molar-refractivity contribution in [1.29, 1.82) is 0 Å². The van der Waals surface area contributed by atoms with Gasteiger partial charge in [-0.05, 0) is 19.3 Å². The van der Waals surface area contributed by atoms with E-state index in [1.165, 1.54) is 5.01 Å². The molecule has 6 heteroatoms. The molecule has 1 saturated carbocycles. The molecule has 1 aliphatic carbocycles. The number of hydrazone groups is 1. The van der Waals surface area contributed by atoms with Gasteiger partial charge in [0.1, 0.15) is 5.82 Å². The first-order valence-electron chi connectivity index (χ1n) is 6.69. The minimum Gasteiger partial charge on any atom is -0.359 e. The number of amides is 2. The Kier molecular flexibility index (Phi) is 2.80. The van der Waals surface area contributed by atoms with Gasteiger partial charge in [-0.2, -0.15) is 5.10 Å². The predicted molar refractivity (Wildman–Crippen MR) is 69.9 cm³/mol. The molecule has 0 spiro atoms. The fourth-order valence-electron chi connectivity index (χ4n) is 2.91. The van der Waals surface area contributed by atoms with Gasteiger partial charge in [-0.3, -0.25) is 9.59 Å². The van der Waals surface area contributed by atoms with Crippen LogP contribution < -0.4 is 5.32 Å². The van der Waals surface area contributed by atoms with Crippen LogP contribution in [0, 0.1) is 5.92 Å². The summed E-state index contributed by atoms with van der Waals surface area (Å²) in [6.07, 6.45) is 3.90. The number of fused-ring (bicyclic) bond motifs is 1. The number of hydrogen-bond acceptors (Lipinski definition) is 4. The number of nitrogens with zero attached hydrogens (tertiary/aromatic N) is 3. The maximum atomic E-state index is 12.4. The zero-order valence-electron chi connectivity index (χ0n) is 11.1. The van der Waals surface area contributed by atoms with Crippen molar-refractivity contribution in [3.63, 3.8) is 0 Å². The Morgan fingerprint density at radius 1 is 1.37 bits per heavy atom. The highest BCUT2D eigenvalue weighted by atomic mass is 16.2. The molecule has 6 nitrogen and oxygen atoms in total. The van der Waals surface area contributed by atoms with Crippen molar-refractivity contribution in [1.82, 2.24) is 15.2 Å². The summed E-state index contributed by atoms with van der Waals surface area (Å²) in [7, 11) is 1.84. The largest absolute Gasteiger partial charge is 0.359 e. The molecule has 1 N–H and O–H groups in total. The van der Waals surface area contributed by atoms with Crippen LogP contribution in [-0.4, -0.2) is 47.1 Å². The normalized spacial score (nSPS) is 31.2. The van der Waals surface area contributed by atoms with E-state index in [2.05, 4.69) is 17.0 Å². The molecule has 3 rings (SSSR count). The van der Waals surface area contributed by atoms with Crippen molar-refractivity contribution >= 4 is 17.5 Å². The zero-order valence-corrected chi connectivity index (χ0v) is 11.1. The van der Waals surface area contributed by atoms with E-state index in [0.29, 0.717) is 12.4 Å².